The van der Waals surface area contributed by atoms with Gasteiger partial charge in [0.1, 0.15) is 0 Å². The third-order valence-electron chi connectivity index (χ3n) is 5.07. The smallest absolute Gasteiger partial charge is 0.372 e. The second-order valence-electron chi connectivity index (χ2n) is 7.79. The minimum atomic E-state index is -4.50. The summed E-state index contributed by atoms with van der Waals surface area (Å²) in [6.07, 6.45) is -4.21. The molecule has 0 radical (unpaired) electrons. The van der Waals surface area contributed by atoms with Crippen LogP contribution >= 0.6 is 11.3 Å². The van der Waals surface area contributed by atoms with Crippen LogP contribution < -0.4 is 10.2 Å². The number of benzene rings is 2. The van der Waals surface area contributed by atoms with Gasteiger partial charge in [-0.1, -0.05) is 18.2 Å². The molecule has 5 nitrogen and oxygen atoms in total. The van der Waals surface area contributed by atoms with Crippen LogP contribution in [0.2, 0.25) is 0 Å². The maximum Gasteiger partial charge on any atom is 0.416 e. The summed E-state index contributed by atoms with van der Waals surface area (Å²) < 4.78 is 44.4. The number of halogens is 3. The molecule has 1 aliphatic heterocycles. The van der Waals surface area contributed by atoms with Crippen LogP contribution in [0.25, 0.3) is 11.3 Å². The molecule has 0 bridgehead atoms. The summed E-state index contributed by atoms with van der Waals surface area (Å²) in [5, 5.41) is 5.55. The number of thiazole rings is 1. The fourth-order valence-corrected chi connectivity index (χ4v) is 4.50. The highest BCUT2D eigenvalue weighted by atomic mass is 32.1. The van der Waals surface area contributed by atoms with Crippen molar-refractivity contribution >= 4 is 28.1 Å². The van der Waals surface area contributed by atoms with E-state index in [0.29, 0.717) is 5.69 Å². The third kappa shape index (κ3) is 5.11. The van der Waals surface area contributed by atoms with Crippen molar-refractivity contribution < 1.29 is 22.7 Å². The van der Waals surface area contributed by atoms with Crippen LogP contribution in [-0.2, 0) is 10.9 Å². The molecule has 32 heavy (non-hydrogen) atoms. The SMILES string of the molecule is CC1CN(c2nc(-c3ccc(NC(=O)c4cccc(C(F)(F)F)c4)cc3)cs2)CC(C)O1. The summed E-state index contributed by atoms with van der Waals surface area (Å²) in [5.74, 6) is -0.602. The predicted octanol–water partition coefficient (Wildman–Crippen LogP) is 5.69. The zero-order chi connectivity index (χ0) is 22.9. The zero-order valence-electron chi connectivity index (χ0n) is 17.5. The first-order chi connectivity index (χ1) is 15.2. The van der Waals surface area contributed by atoms with E-state index in [1.54, 1.807) is 23.5 Å². The maximum atomic E-state index is 12.9. The molecule has 0 spiro atoms. The fourth-order valence-electron chi connectivity index (χ4n) is 3.64. The van der Waals surface area contributed by atoms with Crippen LogP contribution in [0.1, 0.15) is 29.8 Å². The molecule has 4 rings (SSSR count). The summed E-state index contributed by atoms with van der Waals surface area (Å²) in [6, 6.07) is 11.4. The summed E-state index contributed by atoms with van der Waals surface area (Å²) in [7, 11) is 0. The first-order valence-corrected chi connectivity index (χ1v) is 11.0. The van der Waals surface area contributed by atoms with Crippen LogP contribution in [-0.4, -0.2) is 36.2 Å². The number of nitrogens with one attached hydrogen (secondary N) is 1. The molecular formula is C23H22F3N3O2S. The molecule has 1 saturated heterocycles. The summed E-state index contributed by atoms with van der Waals surface area (Å²) in [4.78, 5) is 19.3. The van der Waals surface area contributed by atoms with Crippen LogP contribution in [0.4, 0.5) is 24.0 Å². The van der Waals surface area contributed by atoms with E-state index in [0.717, 1.165) is 41.6 Å². The molecule has 2 aromatic carbocycles. The van der Waals surface area contributed by atoms with Crippen molar-refractivity contribution in [3.05, 3.63) is 65.0 Å². The van der Waals surface area contributed by atoms with Crippen LogP contribution in [0, 0.1) is 0 Å². The van der Waals surface area contributed by atoms with Crippen molar-refractivity contribution in [3.63, 3.8) is 0 Å². The quantitative estimate of drug-likeness (QED) is 0.542. The van der Waals surface area contributed by atoms with Gasteiger partial charge in [0.25, 0.3) is 5.91 Å². The average Bonchev–Trinajstić information content (AvgIpc) is 3.23. The minimum Gasteiger partial charge on any atom is -0.372 e. The van der Waals surface area contributed by atoms with Crippen molar-refractivity contribution in [1.82, 2.24) is 4.98 Å². The molecule has 1 amide bonds. The molecule has 1 aromatic heterocycles. The second kappa shape index (κ2) is 8.91. The van der Waals surface area contributed by atoms with E-state index < -0.39 is 17.6 Å². The molecule has 2 unspecified atom stereocenters. The number of ether oxygens (including phenoxy) is 1. The van der Waals surface area contributed by atoms with Crippen LogP contribution in [0.5, 0.6) is 0 Å². The van der Waals surface area contributed by atoms with Crippen molar-refractivity contribution in [3.8, 4) is 11.3 Å². The Morgan fingerprint density at radius 2 is 1.81 bits per heavy atom. The van der Waals surface area contributed by atoms with Gasteiger partial charge in [-0.2, -0.15) is 13.2 Å². The molecule has 0 aliphatic carbocycles. The molecule has 9 heteroatoms. The van der Waals surface area contributed by atoms with E-state index in [4.69, 9.17) is 9.72 Å². The lowest BCUT2D eigenvalue weighted by atomic mass is 10.1. The fraction of sp³-hybridized carbons (Fsp3) is 0.304. The summed E-state index contributed by atoms with van der Waals surface area (Å²) >= 11 is 1.57. The molecule has 168 valence electrons. The minimum absolute atomic E-state index is 0.0537. The van der Waals surface area contributed by atoms with Crippen LogP contribution in [0.3, 0.4) is 0 Å². The van der Waals surface area contributed by atoms with Crippen molar-refractivity contribution in [1.29, 1.82) is 0 Å². The third-order valence-corrected chi connectivity index (χ3v) is 5.97. The molecular weight excluding hydrogens is 439 g/mol. The number of hydrogen-bond donors (Lipinski definition) is 1. The van der Waals surface area contributed by atoms with E-state index in [-0.39, 0.29) is 17.8 Å². The molecule has 1 aliphatic rings. The monoisotopic (exact) mass is 461 g/mol. The number of hydrogen-bond acceptors (Lipinski definition) is 5. The van der Waals surface area contributed by atoms with Gasteiger partial charge in [0.2, 0.25) is 0 Å². The Kier molecular flexibility index (Phi) is 6.21. The number of aromatic nitrogens is 1. The Bertz CT molecular complexity index is 1090. The van der Waals surface area contributed by atoms with E-state index in [1.807, 2.05) is 31.4 Å². The highest BCUT2D eigenvalue weighted by Gasteiger charge is 2.31. The molecule has 1 N–H and O–H groups in total. The van der Waals surface area contributed by atoms with Gasteiger partial charge >= 0.3 is 6.18 Å². The highest BCUT2D eigenvalue weighted by Crippen LogP contribution is 2.31. The van der Waals surface area contributed by atoms with Gasteiger partial charge in [0.05, 0.1) is 23.5 Å². The number of rotatable bonds is 4. The average molecular weight is 462 g/mol. The maximum absolute atomic E-state index is 12.9. The van der Waals surface area contributed by atoms with Gasteiger partial charge in [0, 0.05) is 35.3 Å². The van der Waals surface area contributed by atoms with Crippen molar-refractivity contribution in [2.75, 3.05) is 23.3 Å². The van der Waals surface area contributed by atoms with E-state index in [9.17, 15) is 18.0 Å². The van der Waals surface area contributed by atoms with Gasteiger partial charge in [0.15, 0.2) is 5.13 Å². The first-order valence-electron chi connectivity index (χ1n) is 10.1. The number of amides is 1. The molecule has 0 saturated carbocycles. The highest BCUT2D eigenvalue weighted by molar-refractivity contribution is 7.14. The Hall–Kier alpha value is -2.91. The van der Waals surface area contributed by atoms with E-state index in [2.05, 4.69) is 10.2 Å². The summed E-state index contributed by atoms with van der Waals surface area (Å²) in [6.45, 7) is 5.67. The Morgan fingerprint density at radius 3 is 2.47 bits per heavy atom. The van der Waals surface area contributed by atoms with Gasteiger partial charge < -0.3 is 15.0 Å². The number of carbonyl (C=O) groups is 1. The summed E-state index contributed by atoms with van der Waals surface area (Å²) in [5.41, 5.74) is 1.29. The largest absolute Gasteiger partial charge is 0.416 e. The van der Waals surface area contributed by atoms with Crippen LogP contribution in [0.15, 0.2) is 53.9 Å². The van der Waals surface area contributed by atoms with E-state index >= 15 is 0 Å². The number of morpholine rings is 1. The normalized spacial score (nSPS) is 19.1. The number of anilines is 2. The molecule has 2 heterocycles. The number of alkyl halides is 3. The number of nitrogens with zero attached hydrogens (tertiary/aromatic N) is 2. The second-order valence-corrected chi connectivity index (χ2v) is 8.62. The van der Waals surface area contributed by atoms with Gasteiger partial charge in [-0.15, -0.1) is 11.3 Å². The van der Waals surface area contributed by atoms with Gasteiger partial charge in [-0.3, -0.25) is 4.79 Å². The Balaban J connectivity index is 1.44. The molecule has 3 aromatic rings. The van der Waals surface area contributed by atoms with Crippen molar-refractivity contribution in [2.24, 2.45) is 0 Å². The molecule has 1 fully saturated rings. The van der Waals surface area contributed by atoms with Gasteiger partial charge in [-0.05, 0) is 44.2 Å². The topological polar surface area (TPSA) is 54.5 Å². The van der Waals surface area contributed by atoms with E-state index in [1.165, 1.54) is 12.1 Å². The Morgan fingerprint density at radius 1 is 1.12 bits per heavy atom. The van der Waals surface area contributed by atoms with Crippen molar-refractivity contribution in [2.45, 2.75) is 32.2 Å². The lowest BCUT2D eigenvalue weighted by Gasteiger charge is -2.35. The Labute approximate surface area is 187 Å². The zero-order valence-corrected chi connectivity index (χ0v) is 18.3. The lowest BCUT2D eigenvalue weighted by Crippen LogP contribution is -2.45. The standard InChI is InChI=1S/C23H22F3N3O2S/c1-14-11-29(12-15(2)31-14)22-28-20(13-32-22)16-6-8-19(9-7-16)27-21(30)17-4-3-5-18(10-17)23(24,25)26/h3-10,13-15H,11-12H2,1-2H3,(H,27,30). The lowest BCUT2D eigenvalue weighted by molar-refractivity contribution is -0.137. The first kappa shape index (κ1) is 22.3. The predicted molar refractivity (Wildman–Crippen MR) is 119 cm³/mol. The number of carbonyl (C=O) groups excluding carboxylic acids is 1. The van der Waals surface area contributed by atoms with Gasteiger partial charge in [-0.25, -0.2) is 4.98 Å². The molecule has 2 atom stereocenters.